The number of carboxylic acids is 1. The molecule has 0 spiro atoms. The molecule has 14 heteroatoms. The Morgan fingerprint density at radius 2 is 1.48 bits per heavy atom. The van der Waals surface area contributed by atoms with Crippen molar-refractivity contribution in [2.75, 3.05) is 25.1 Å². The van der Waals surface area contributed by atoms with Crippen molar-refractivity contribution in [2.45, 2.75) is 69.1 Å². The number of hydrogen-bond donors (Lipinski definition) is 8. The van der Waals surface area contributed by atoms with Crippen LogP contribution in [0.15, 0.2) is 35.3 Å². The molecule has 4 unspecified atom stereocenters. The van der Waals surface area contributed by atoms with Crippen LogP contribution in [0.3, 0.4) is 0 Å². The fourth-order valence-corrected chi connectivity index (χ4v) is 4.27. The highest BCUT2D eigenvalue weighted by atomic mass is 32.2. The van der Waals surface area contributed by atoms with Crippen LogP contribution in [0.4, 0.5) is 0 Å². The molecule has 0 aliphatic carbocycles. The second-order valence-electron chi connectivity index (χ2n) is 9.33. The topological polar surface area (TPSA) is 241 Å². The van der Waals surface area contributed by atoms with Crippen LogP contribution in [-0.4, -0.2) is 84.0 Å². The van der Waals surface area contributed by atoms with Gasteiger partial charge in [-0.2, -0.15) is 11.8 Å². The monoisotopic (exact) mass is 580 g/mol. The van der Waals surface area contributed by atoms with Gasteiger partial charge in [0.2, 0.25) is 17.7 Å². The second-order valence-corrected chi connectivity index (χ2v) is 10.3. The van der Waals surface area contributed by atoms with Crippen molar-refractivity contribution < 1.29 is 24.3 Å². The number of rotatable bonds is 20. The van der Waals surface area contributed by atoms with Crippen LogP contribution in [0.5, 0.6) is 0 Å². The van der Waals surface area contributed by atoms with Crippen LogP contribution in [0.1, 0.15) is 44.1 Å². The summed E-state index contributed by atoms with van der Waals surface area (Å²) in [4.78, 5) is 55.0. The first-order valence-corrected chi connectivity index (χ1v) is 14.7. The third kappa shape index (κ3) is 14.1. The van der Waals surface area contributed by atoms with Gasteiger partial charge in [0.15, 0.2) is 5.96 Å². The number of amides is 3. The number of benzene rings is 1. The quantitative estimate of drug-likeness (QED) is 0.0533. The minimum atomic E-state index is -1.23. The van der Waals surface area contributed by atoms with Gasteiger partial charge in [0, 0.05) is 13.0 Å². The molecule has 0 saturated heterocycles. The Bertz CT molecular complexity index is 962. The van der Waals surface area contributed by atoms with Gasteiger partial charge in [-0.15, -0.1) is 0 Å². The fraction of sp³-hybridized carbons (Fsp3) is 0.577. The van der Waals surface area contributed by atoms with Gasteiger partial charge in [-0.25, -0.2) is 4.79 Å². The molecule has 0 aliphatic heterocycles. The SMILES string of the molecule is CSCCC(N)C(=O)NC(CCCCN)C(=O)NC(Cc1ccccc1)C(=O)NC(CCCN=C(N)N)C(=O)O. The summed E-state index contributed by atoms with van der Waals surface area (Å²) in [5, 5.41) is 17.6. The fourth-order valence-electron chi connectivity index (χ4n) is 3.78. The predicted molar refractivity (Wildman–Crippen MR) is 157 cm³/mol. The van der Waals surface area contributed by atoms with E-state index in [-0.39, 0.29) is 25.3 Å². The van der Waals surface area contributed by atoms with E-state index in [0.717, 1.165) is 5.56 Å². The maximum Gasteiger partial charge on any atom is 0.326 e. The summed E-state index contributed by atoms with van der Waals surface area (Å²) in [6.07, 6.45) is 4.37. The lowest BCUT2D eigenvalue weighted by molar-refractivity contribution is -0.142. The number of carbonyl (C=O) groups excluding carboxylic acids is 3. The van der Waals surface area contributed by atoms with E-state index in [1.54, 1.807) is 36.0 Å². The molecule has 4 atom stereocenters. The third-order valence-electron chi connectivity index (χ3n) is 6.03. The molecule has 13 nitrogen and oxygen atoms in total. The van der Waals surface area contributed by atoms with Crippen molar-refractivity contribution in [3.63, 3.8) is 0 Å². The number of unbranched alkanes of at least 4 members (excludes halogenated alkanes) is 1. The van der Waals surface area contributed by atoms with E-state index in [2.05, 4.69) is 20.9 Å². The first kappa shape index (κ1) is 34.7. The summed E-state index contributed by atoms with van der Waals surface area (Å²) in [6, 6.07) is 4.94. The summed E-state index contributed by atoms with van der Waals surface area (Å²) < 4.78 is 0. The maximum absolute atomic E-state index is 13.4. The van der Waals surface area contributed by atoms with Crippen LogP contribution >= 0.6 is 11.8 Å². The van der Waals surface area contributed by atoms with Gasteiger partial charge in [-0.1, -0.05) is 30.3 Å². The first-order chi connectivity index (χ1) is 19.1. The molecule has 1 aromatic rings. The lowest BCUT2D eigenvalue weighted by Gasteiger charge is -2.25. The zero-order chi connectivity index (χ0) is 29.9. The second kappa shape index (κ2) is 19.7. The van der Waals surface area contributed by atoms with E-state index in [9.17, 15) is 24.3 Å². The summed E-state index contributed by atoms with van der Waals surface area (Å²) in [6.45, 7) is 0.629. The lowest BCUT2D eigenvalue weighted by Crippen LogP contribution is -2.57. The Morgan fingerprint density at radius 1 is 0.875 bits per heavy atom. The predicted octanol–water partition coefficient (Wildman–Crippen LogP) is -0.969. The number of nitrogens with two attached hydrogens (primary N) is 4. The molecule has 0 fully saturated rings. The molecule has 0 bridgehead atoms. The number of thioether (sulfide) groups is 1. The molecule has 40 heavy (non-hydrogen) atoms. The Hall–Kier alpha value is -3.36. The molecule has 3 amide bonds. The van der Waals surface area contributed by atoms with Gasteiger partial charge in [0.1, 0.15) is 18.1 Å². The smallest absolute Gasteiger partial charge is 0.326 e. The van der Waals surface area contributed by atoms with E-state index in [1.807, 2.05) is 12.3 Å². The number of nitrogens with zero attached hydrogens (tertiary/aromatic N) is 1. The van der Waals surface area contributed by atoms with Crippen molar-refractivity contribution in [3.8, 4) is 0 Å². The molecule has 224 valence electrons. The number of aliphatic carboxylic acids is 1. The number of aliphatic imine (C=N–C) groups is 1. The molecule has 0 saturated carbocycles. The Balaban J connectivity index is 3.07. The van der Waals surface area contributed by atoms with Gasteiger partial charge in [0.05, 0.1) is 6.04 Å². The van der Waals surface area contributed by atoms with Gasteiger partial charge >= 0.3 is 5.97 Å². The highest BCUT2D eigenvalue weighted by molar-refractivity contribution is 7.98. The number of guanidine groups is 1. The standard InChI is InChI=1S/C26H44N8O5S/c1-40-15-12-18(28)22(35)32-19(10-5-6-13-27)23(36)34-21(16-17-8-3-2-4-9-17)24(37)33-20(25(38)39)11-7-14-31-26(29)30/h2-4,8-9,18-21H,5-7,10-16,27-28H2,1H3,(H,32,35)(H,33,37)(H,34,36)(H,38,39)(H4,29,30,31). The van der Waals surface area contributed by atoms with Gasteiger partial charge in [-0.05, 0) is 62.6 Å². The molecule has 12 N–H and O–H groups in total. The molecule has 1 aromatic carbocycles. The normalized spacial score (nSPS) is 13.8. The number of carboxylic acid groups (broad SMARTS) is 1. The molecule has 0 aliphatic rings. The van der Waals surface area contributed by atoms with E-state index in [0.29, 0.717) is 44.4 Å². The van der Waals surface area contributed by atoms with Crippen molar-refractivity contribution in [3.05, 3.63) is 35.9 Å². The summed E-state index contributed by atoms with van der Waals surface area (Å²) in [5.41, 5.74) is 22.9. The van der Waals surface area contributed by atoms with Crippen molar-refractivity contribution >= 4 is 41.4 Å². The van der Waals surface area contributed by atoms with E-state index in [1.165, 1.54) is 0 Å². The largest absolute Gasteiger partial charge is 0.480 e. The molecule has 1 rings (SSSR count). The third-order valence-corrected chi connectivity index (χ3v) is 6.67. The summed E-state index contributed by atoms with van der Waals surface area (Å²) in [5.74, 6) is -2.35. The van der Waals surface area contributed by atoms with Gasteiger partial charge in [0.25, 0.3) is 0 Å². The van der Waals surface area contributed by atoms with Crippen molar-refractivity contribution in [2.24, 2.45) is 27.9 Å². The Morgan fingerprint density at radius 3 is 2.08 bits per heavy atom. The summed E-state index contributed by atoms with van der Waals surface area (Å²) in [7, 11) is 0. The van der Waals surface area contributed by atoms with Crippen LogP contribution in [-0.2, 0) is 25.6 Å². The molecule has 0 radical (unpaired) electrons. The van der Waals surface area contributed by atoms with Crippen LogP contribution in [0.2, 0.25) is 0 Å². The molecule has 0 aromatic heterocycles. The zero-order valence-corrected chi connectivity index (χ0v) is 23.8. The van der Waals surface area contributed by atoms with E-state index in [4.69, 9.17) is 22.9 Å². The summed E-state index contributed by atoms with van der Waals surface area (Å²) >= 11 is 1.56. The lowest BCUT2D eigenvalue weighted by atomic mass is 10.0. The van der Waals surface area contributed by atoms with E-state index < -0.39 is 47.9 Å². The highest BCUT2D eigenvalue weighted by Gasteiger charge is 2.30. The van der Waals surface area contributed by atoms with Crippen LogP contribution in [0.25, 0.3) is 0 Å². The Kier molecular flexibility index (Phi) is 17.0. The van der Waals surface area contributed by atoms with Crippen LogP contribution in [0, 0.1) is 0 Å². The number of hydrogen-bond acceptors (Lipinski definition) is 8. The number of nitrogens with one attached hydrogen (secondary N) is 3. The average molecular weight is 581 g/mol. The number of carbonyl (C=O) groups is 4. The van der Waals surface area contributed by atoms with Crippen LogP contribution < -0.4 is 38.9 Å². The zero-order valence-electron chi connectivity index (χ0n) is 23.0. The molecule has 0 heterocycles. The van der Waals surface area contributed by atoms with Crippen molar-refractivity contribution in [1.29, 1.82) is 0 Å². The highest BCUT2D eigenvalue weighted by Crippen LogP contribution is 2.08. The van der Waals surface area contributed by atoms with E-state index >= 15 is 0 Å². The molecular weight excluding hydrogens is 536 g/mol. The minimum Gasteiger partial charge on any atom is -0.480 e. The Labute approximate surface area is 239 Å². The maximum atomic E-state index is 13.4. The average Bonchev–Trinajstić information content (AvgIpc) is 2.92. The van der Waals surface area contributed by atoms with Crippen molar-refractivity contribution in [1.82, 2.24) is 16.0 Å². The van der Waals surface area contributed by atoms with Gasteiger partial charge in [-0.3, -0.25) is 19.4 Å². The minimum absolute atomic E-state index is 0.0789. The van der Waals surface area contributed by atoms with Gasteiger partial charge < -0.3 is 44.0 Å². The first-order valence-electron chi connectivity index (χ1n) is 13.3. The molecular formula is C26H44N8O5S.